The number of aromatic nitrogens is 2. The summed E-state index contributed by atoms with van der Waals surface area (Å²) >= 11 is 0. The van der Waals surface area contributed by atoms with Gasteiger partial charge in [-0.05, 0) is 22.6 Å². The number of nitrogens with one attached hydrogen (secondary N) is 2. The minimum atomic E-state index is 0. The maximum Gasteiger partial charge on any atom is 0.191 e. The molecule has 0 aliphatic carbocycles. The first-order valence-electron chi connectivity index (χ1n) is 10.3. The molecule has 166 valence electrons. The molecule has 31 heavy (non-hydrogen) atoms. The maximum absolute atomic E-state index is 5.82. The number of hydrogen-bond acceptors (Lipinski definition) is 3. The van der Waals surface area contributed by atoms with Gasteiger partial charge < -0.3 is 19.9 Å². The Hall–Kier alpha value is -2.39. The van der Waals surface area contributed by atoms with Gasteiger partial charge in [0.1, 0.15) is 0 Å². The third-order valence-corrected chi connectivity index (χ3v) is 4.76. The first kappa shape index (κ1) is 24.9. The zero-order valence-electron chi connectivity index (χ0n) is 18.2. The van der Waals surface area contributed by atoms with Crippen molar-refractivity contribution in [3.8, 4) is 0 Å². The second-order valence-electron chi connectivity index (χ2n) is 7.46. The van der Waals surface area contributed by atoms with Crippen LogP contribution in [0, 0.1) is 5.92 Å². The van der Waals surface area contributed by atoms with Crippen molar-refractivity contribution in [2.45, 2.75) is 26.6 Å². The highest BCUT2D eigenvalue weighted by molar-refractivity contribution is 14.0. The van der Waals surface area contributed by atoms with E-state index in [-0.39, 0.29) is 24.0 Å². The highest BCUT2D eigenvalue weighted by atomic mass is 127. The summed E-state index contributed by atoms with van der Waals surface area (Å²) in [5, 5.41) is 6.75. The van der Waals surface area contributed by atoms with Crippen LogP contribution in [-0.4, -0.2) is 35.7 Å². The van der Waals surface area contributed by atoms with E-state index in [1.165, 1.54) is 16.7 Å². The molecule has 0 radical (unpaired) electrons. The average molecular weight is 533 g/mol. The van der Waals surface area contributed by atoms with E-state index in [1.54, 1.807) is 13.2 Å². The van der Waals surface area contributed by atoms with Crippen molar-refractivity contribution in [1.82, 2.24) is 20.2 Å². The molecule has 0 aliphatic heterocycles. The zero-order chi connectivity index (χ0) is 21.0. The number of halogens is 1. The second kappa shape index (κ2) is 13.8. The van der Waals surface area contributed by atoms with Crippen molar-refractivity contribution >= 4 is 29.9 Å². The zero-order valence-corrected chi connectivity index (χ0v) is 20.5. The van der Waals surface area contributed by atoms with Crippen LogP contribution in [0.15, 0.2) is 78.3 Å². The van der Waals surface area contributed by atoms with Crippen molar-refractivity contribution in [2.24, 2.45) is 10.9 Å². The molecule has 2 N–H and O–H groups in total. The van der Waals surface area contributed by atoms with Crippen molar-refractivity contribution < 1.29 is 4.74 Å². The average Bonchev–Trinajstić information content (AvgIpc) is 3.29. The van der Waals surface area contributed by atoms with Crippen LogP contribution in [0.4, 0.5) is 0 Å². The maximum atomic E-state index is 5.82. The van der Waals surface area contributed by atoms with Crippen LogP contribution in [-0.2, 0) is 24.4 Å². The molecule has 2 aromatic carbocycles. The number of benzene rings is 2. The molecule has 0 saturated carbocycles. The second-order valence-corrected chi connectivity index (χ2v) is 7.46. The Bertz CT molecular complexity index is 882. The molecular formula is C24H32IN5O. The summed E-state index contributed by atoms with van der Waals surface area (Å²) in [6, 6.07) is 18.8. The van der Waals surface area contributed by atoms with Gasteiger partial charge in [-0.15, -0.1) is 24.0 Å². The minimum absolute atomic E-state index is 0. The molecule has 6 nitrogen and oxygen atoms in total. The molecule has 0 bridgehead atoms. The lowest BCUT2D eigenvalue weighted by Gasteiger charge is -2.16. The minimum Gasteiger partial charge on any atom is -0.376 e. The first-order chi connectivity index (χ1) is 14.7. The monoisotopic (exact) mass is 533 g/mol. The molecule has 1 atom stereocenters. The van der Waals surface area contributed by atoms with Gasteiger partial charge in [0.25, 0.3) is 0 Å². The van der Waals surface area contributed by atoms with E-state index in [1.807, 2.05) is 30.7 Å². The predicted molar refractivity (Wildman–Crippen MR) is 137 cm³/mol. The number of guanidine groups is 1. The first-order valence-corrected chi connectivity index (χ1v) is 10.3. The molecule has 1 unspecified atom stereocenters. The van der Waals surface area contributed by atoms with E-state index < -0.39 is 0 Å². The fourth-order valence-corrected chi connectivity index (χ4v) is 3.04. The van der Waals surface area contributed by atoms with Crippen molar-refractivity contribution in [1.29, 1.82) is 0 Å². The summed E-state index contributed by atoms with van der Waals surface area (Å²) in [5.41, 5.74) is 3.67. The lowest BCUT2D eigenvalue weighted by molar-refractivity contribution is 0.0931. The standard InChI is InChI=1S/C24H31N5O.HI/c1-20(17-30-18-23-6-4-3-5-7-23)14-27-24(25-2)28-15-21-8-10-22(11-9-21)16-29-13-12-26-19-29;/h3-13,19-20H,14-18H2,1-2H3,(H2,25,27,28);1H. The third kappa shape index (κ3) is 9.10. The van der Waals surface area contributed by atoms with Gasteiger partial charge in [-0.2, -0.15) is 0 Å². The molecule has 1 aromatic heterocycles. The number of rotatable bonds is 10. The largest absolute Gasteiger partial charge is 0.376 e. The van der Waals surface area contributed by atoms with E-state index in [2.05, 4.69) is 68.5 Å². The van der Waals surface area contributed by atoms with E-state index >= 15 is 0 Å². The number of imidazole rings is 1. The Balaban J connectivity index is 0.00000341. The summed E-state index contributed by atoms with van der Waals surface area (Å²) in [6.07, 6.45) is 5.60. The summed E-state index contributed by atoms with van der Waals surface area (Å²) in [6.45, 7) is 5.89. The van der Waals surface area contributed by atoms with Gasteiger partial charge in [-0.1, -0.05) is 61.5 Å². The lowest BCUT2D eigenvalue weighted by atomic mass is 10.1. The lowest BCUT2D eigenvalue weighted by Crippen LogP contribution is -2.39. The van der Waals surface area contributed by atoms with Crippen LogP contribution in [0.1, 0.15) is 23.6 Å². The quantitative estimate of drug-likeness (QED) is 0.235. The molecule has 1 heterocycles. The van der Waals surface area contributed by atoms with E-state index in [0.29, 0.717) is 19.1 Å². The SMILES string of the molecule is CN=C(NCc1ccc(Cn2ccnc2)cc1)NCC(C)COCc1ccccc1.I. The highest BCUT2D eigenvalue weighted by Gasteiger charge is 2.05. The van der Waals surface area contributed by atoms with Gasteiger partial charge in [-0.3, -0.25) is 4.99 Å². The topological polar surface area (TPSA) is 63.5 Å². The Morgan fingerprint density at radius 2 is 1.77 bits per heavy atom. The Labute approximate surface area is 202 Å². The summed E-state index contributed by atoms with van der Waals surface area (Å²) in [7, 11) is 1.79. The molecule has 0 fully saturated rings. The van der Waals surface area contributed by atoms with E-state index in [9.17, 15) is 0 Å². The number of ether oxygens (including phenoxy) is 1. The molecule has 0 amide bonds. The van der Waals surface area contributed by atoms with Crippen molar-refractivity contribution in [3.05, 3.63) is 90.0 Å². The smallest absolute Gasteiger partial charge is 0.191 e. The van der Waals surface area contributed by atoms with Gasteiger partial charge in [0.15, 0.2) is 5.96 Å². The molecule has 7 heteroatoms. The number of nitrogens with zero attached hydrogens (tertiary/aromatic N) is 3. The van der Waals surface area contributed by atoms with Gasteiger partial charge in [0.05, 0.1) is 19.5 Å². The molecule has 0 saturated heterocycles. The fraction of sp³-hybridized carbons (Fsp3) is 0.333. The summed E-state index contributed by atoms with van der Waals surface area (Å²) in [4.78, 5) is 8.39. The van der Waals surface area contributed by atoms with Crippen molar-refractivity contribution in [2.75, 3.05) is 20.2 Å². The summed E-state index contributed by atoms with van der Waals surface area (Å²) < 4.78 is 7.88. The number of hydrogen-bond donors (Lipinski definition) is 2. The Morgan fingerprint density at radius 3 is 2.45 bits per heavy atom. The van der Waals surface area contributed by atoms with Crippen LogP contribution in [0.5, 0.6) is 0 Å². The molecule has 3 aromatic rings. The normalized spacial score (nSPS) is 12.1. The molecule has 0 spiro atoms. The molecule has 0 aliphatic rings. The Morgan fingerprint density at radius 1 is 1.03 bits per heavy atom. The van der Waals surface area contributed by atoms with Crippen molar-refractivity contribution in [3.63, 3.8) is 0 Å². The predicted octanol–water partition coefficient (Wildman–Crippen LogP) is 4.07. The van der Waals surface area contributed by atoms with E-state index in [0.717, 1.165) is 25.6 Å². The van der Waals surface area contributed by atoms with Crippen LogP contribution < -0.4 is 10.6 Å². The van der Waals surface area contributed by atoms with Crippen LogP contribution in [0.2, 0.25) is 0 Å². The Kier molecular flexibility index (Phi) is 11.1. The van der Waals surface area contributed by atoms with Crippen LogP contribution in [0.25, 0.3) is 0 Å². The highest BCUT2D eigenvalue weighted by Crippen LogP contribution is 2.07. The van der Waals surface area contributed by atoms with Crippen LogP contribution >= 0.6 is 24.0 Å². The van der Waals surface area contributed by atoms with Crippen LogP contribution in [0.3, 0.4) is 0 Å². The van der Waals surface area contributed by atoms with Gasteiger partial charge in [0, 0.05) is 39.1 Å². The van der Waals surface area contributed by atoms with E-state index in [4.69, 9.17) is 4.74 Å². The molecular weight excluding hydrogens is 501 g/mol. The molecule has 3 rings (SSSR count). The van der Waals surface area contributed by atoms with Gasteiger partial charge in [0.2, 0.25) is 0 Å². The summed E-state index contributed by atoms with van der Waals surface area (Å²) in [5.74, 6) is 1.18. The fourth-order valence-electron chi connectivity index (χ4n) is 3.04. The van der Waals surface area contributed by atoms with Gasteiger partial charge in [-0.25, -0.2) is 4.98 Å². The van der Waals surface area contributed by atoms with Gasteiger partial charge >= 0.3 is 0 Å². The third-order valence-electron chi connectivity index (χ3n) is 4.76. The number of aliphatic imine (C=N–C) groups is 1.